The molecular formula is C10H18F2N2O2. The van der Waals surface area contributed by atoms with E-state index in [0.29, 0.717) is 0 Å². The molecule has 0 aliphatic heterocycles. The highest BCUT2D eigenvalue weighted by Crippen LogP contribution is 2.17. The Balaban J connectivity index is 2.05. The predicted molar refractivity (Wildman–Crippen MR) is 55.3 cm³/mol. The zero-order valence-corrected chi connectivity index (χ0v) is 9.09. The highest BCUT2D eigenvalue weighted by atomic mass is 19.3. The van der Waals surface area contributed by atoms with E-state index in [-0.39, 0.29) is 25.0 Å². The average molecular weight is 236 g/mol. The zero-order valence-electron chi connectivity index (χ0n) is 9.09. The number of carbonyl (C=O) groups excluding carboxylic acids is 1. The normalized spacial score (nSPS) is 19.0. The molecule has 1 amide bonds. The molecule has 0 aromatic heterocycles. The van der Waals surface area contributed by atoms with Crippen molar-refractivity contribution in [2.45, 2.75) is 44.3 Å². The molecule has 0 saturated heterocycles. The standard InChI is InChI=1S/C10H18F2N2O2/c11-10(12)8(15)5-13-6-9(16)14-7-3-1-2-4-7/h7-8,10,13,15H,1-6H2,(H,14,16). The maximum Gasteiger partial charge on any atom is 0.265 e. The quantitative estimate of drug-likeness (QED) is 0.620. The van der Waals surface area contributed by atoms with Crippen LogP contribution in [0.15, 0.2) is 0 Å². The minimum atomic E-state index is -2.77. The summed E-state index contributed by atoms with van der Waals surface area (Å²) < 4.78 is 23.8. The van der Waals surface area contributed by atoms with Crippen molar-refractivity contribution in [1.82, 2.24) is 10.6 Å². The summed E-state index contributed by atoms with van der Waals surface area (Å²) in [5, 5.41) is 14.1. The van der Waals surface area contributed by atoms with Gasteiger partial charge in [0.2, 0.25) is 5.91 Å². The van der Waals surface area contributed by atoms with Crippen LogP contribution in [0.4, 0.5) is 8.78 Å². The van der Waals surface area contributed by atoms with Crippen molar-refractivity contribution >= 4 is 5.91 Å². The molecule has 4 nitrogen and oxygen atoms in total. The van der Waals surface area contributed by atoms with Crippen LogP contribution in [0.1, 0.15) is 25.7 Å². The van der Waals surface area contributed by atoms with Gasteiger partial charge in [0.15, 0.2) is 0 Å². The smallest absolute Gasteiger partial charge is 0.265 e. The van der Waals surface area contributed by atoms with Crippen LogP contribution >= 0.6 is 0 Å². The van der Waals surface area contributed by atoms with Gasteiger partial charge in [0.05, 0.1) is 6.54 Å². The molecule has 0 radical (unpaired) electrons. The summed E-state index contributed by atoms with van der Waals surface area (Å²) in [5.41, 5.74) is 0. The molecule has 1 saturated carbocycles. The predicted octanol–water partition coefficient (Wildman–Crippen LogP) is 0.261. The highest BCUT2D eigenvalue weighted by Gasteiger charge is 2.18. The maximum absolute atomic E-state index is 11.9. The van der Waals surface area contributed by atoms with E-state index in [1.165, 1.54) is 0 Å². The summed E-state index contributed by atoms with van der Waals surface area (Å²) >= 11 is 0. The maximum atomic E-state index is 11.9. The number of hydrogen-bond acceptors (Lipinski definition) is 3. The SMILES string of the molecule is O=C(CNCC(O)C(F)F)NC1CCCC1. The monoisotopic (exact) mass is 236 g/mol. The Kier molecular flexibility index (Phi) is 5.62. The fourth-order valence-corrected chi connectivity index (χ4v) is 1.77. The lowest BCUT2D eigenvalue weighted by Crippen LogP contribution is -2.42. The average Bonchev–Trinajstić information content (AvgIpc) is 2.70. The summed E-state index contributed by atoms with van der Waals surface area (Å²) in [6.45, 7) is -0.296. The molecule has 0 aromatic rings. The van der Waals surface area contributed by atoms with Gasteiger partial charge in [0.1, 0.15) is 6.10 Å². The van der Waals surface area contributed by atoms with Crippen LogP contribution in [0.25, 0.3) is 0 Å². The van der Waals surface area contributed by atoms with Gasteiger partial charge in [-0.15, -0.1) is 0 Å². The number of halogens is 2. The number of alkyl halides is 2. The van der Waals surface area contributed by atoms with Gasteiger partial charge in [-0.2, -0.15) is 0 Å². The number of rotatable bonds is 6. The second-order valence-corrected chi connectivity index (χ2v) is 4.08. The molecule has 16 heavy (non-hydrogen) atoms. The van der Waals surface area contributed by atoms with E-state index in [2.05, 4.69) is 10.6 Å². The molecule has 1 atom stereocenters. The van der Waals surface area contributed by atoms with E-state index in [4.69, 9.17) is 5.11 Å². The fraction of sp³-hybridized carbons (Fsp3) is 0.900. The number of carbonyl (C=O) groups is 1. The van der Waals surface area contributed by atoms with E-state index in [1.807, 2.05) is 0 Å². The lowest BCUT2D eigenvalue weighted by Gasteiger charge is -2.13. The van der Waals surface area contributed by atoms with Gasteiger partial charge >= 0.3 is 0 Å². The molecule has 1 unspecified atom stereocenters. The van der Waals surface area contributed by atoms with E-state index >= 15 is 0 Å². The van der Waals surface area contributed by atoms with Crippen molar-refractivity contribution in [3.05, 3.63) is 0 Å². The van der Waals surface area contributed by atoms with Crippen molar-refractivity contribution in [3.8, 4) is 0 Å². The van der Waals surface area contributed by atoms with Crippen molar-refractivity contribution in [3.63, 3.8) is 0 Å². The molecule has 1 fully saturated rings. The Bertz CT molecular complexity index is 221. The molecule has 94 valence electrons. The summed E-state index contributed by atoms with van der Waals surface area (Å²) in [6, 6.07) is 0.231. The van der Waals surface area contributed by atoms with E-state index in [0.717, 1.165) is 25.7 Å². The molecule has 0 bridgehead atoms. The van der Waals surface area contributed by atoms with Crippen LogP contribution in [0.3, 0.4) is 0 Å². The van der Waals surface area contributed by atoms with Gasteiger partial charge in [0, 0.05) is 12.6 Å². The largest absolute Gasteiger partial charge is 0.386 e. The first kappa shape index (κ1) is 13.3. The molecule has 1 aliphatic carbocycles. The topological polar surface area (TPSA) is 61.4 Å². The summed E-state index contributed by atoms with van der Waals surface area (Å²) in [5.74, 6) is -0.201. The fourth-order valence-electron chi connectivity index (χ4n) is 1.77. The lowest BCUT2D eigenvalue weighted by atomic mass is 10.2. The molecule has 1 aliphatic rings. The third kappa shape index (κ3) is 4.85. The Labute approximate surface area is 93.4 Å². The number of amides is 1. The van der Waals surface area contributed by atoms with E-state index in [1.54, 1.807) is 0 Å². The first-order valence-electron chi connectivity index (χ1n) is 5.56. The lowest BCUT2D eigenvalue weighted by molar-refractivity contribution is -0.121. The third-order valence-electron chi connectivity index (χ3n) is 2.65. The minimum absolute atomic E-state index is 0.0275. The molecule has 6 heteroatoms. The van der Waals surface area contributed by atoms with Crippen LogP contribution < -0.4 is 10.6 Å². The molecule has 3 N–H and O–H groups in total. The summed E-state index contributed by atoms with van der Waals surface area (Å²) in [6.07, 6.45) is -0.244. The van der Waals surface area contributed by atoms with Crippen LogP contribution in [0.2, 0.25) is 0 Å². The summed E-state index contributed by atoms with van der Waals surface area (Å²) in [4.78, 5) is 11.3. The number of aliphatic hydroxyl groups is 1. The number of hydrogen-bond donors (Lipinski definition) is 3. The van der Waals surface area contributed by atoms with Crippen LogP contribution in [-0.4, -0.2) is 42.7 Å². The number of aliphatic hydroxyl groups excluding tert-OH is 1. The van der Waals surface area contributed by atoms with E-state index in [9.17, 15) is 13.6 Å². The van der Waals surface area contributed by atoms with Crippen LogP contribution in [-0.2, 0) is 4.79 Å². The highest BCUT2D eigenvalue weighted by molar-refractivity contribution is 5.78. The second kappa shape index (κ2) is 6.75. The summed E-state index contributed by atoms with van der Waals surface area (Å²) in [7, 11) is 0. The Hall–Kier alpha value is -0.750. The molecular weight excluding hydrogens is 218 g/mol. The third-order valence-corrected chi connectivity index (χ3v) is 2.65. The van der Waals surface area contributed by atoms with Crippen molar-refractivity contribution in [1.29, 1.82) is 0 Å². The molecule has 1 rings (SSSR count). The van der Waals surface area contributed by atoms with Gasteiger partial charge in [-0.1, -0.05) is 12.8 Å². The minimum Gasteiger partial charge on any atom is -0.386 e. The van der Waals surface area contributed by atoms with Crippen molar-refractivity contribution in [2.75, 3.05) is 13.1 Å². The molecule has 0 spiro atoms. The van der Waals surface area contributed by atoms with Crippen LogP contribution in [0.5, 0.6) is 0 Å². The second-order valence-electron chi connectivity index (χ2n) is 4.08. The Morgan fingerprint density at radius 3 is 2.56 bits per heavy atom. The van der Waals surface area contributed by atoms with Gasteiger partial charge in [-0.3, -0.25) is 4.79 Å². The van der Waals surface area contributed by atoms with Gasteiger partial charge in [0.25, 0.3) is 6.43 Å². The van der Waals surface area contributed by atoms with Crippen LogP contribution in [0, 0.1) is 0 Å². The van der Waals surface area contributed by atoms with Crippen molar-refractivity contribution < 1.29 is 18.7 Å². The molecule has 0 aromatic carbocycles. The van der Waals surface area contributed by atoms with E-state index < -0.39 is 12.5 Å². The Morgan fingerprint density at radius 1 is 1.38 bits per heavy atom. The van der Waals surface area contributed by atoms with Gasteiger partial charge < -0.3 is 15.7 Å². The first-order chi connectivity index (χ1) is 7.59. The number of nitrogens with one attached hydrogen (secondary N) is 2. The zero-order chi connectivity index (χ0) is 12.0. The van der Waals surface area contributed by atoms with Gasteiger partial charge in [-0.05, 0) is 12.8 Å². The Morgan fingerprint density at radius 2 is 2.00 bits per heavy atom. The first-order valence-corrected chi connectivity index (χ1v) is 5.56. The van der Waals surface area contributed by atoms with Gasteiger partial charge in [-0.25, -0.2) is 8.78 Å². The molecule has 0 heterocycles. The van der Waals surface area contributed by atoms with Crippen molar-refractivity contribution in [2.24, 2.45) is 0 Å².